The van der Waals surface area contributed by atoms with Gasteiger partial charge in [-0.3, -0.25) is 9.69 Å². The van der Waals surface area contributed by atoms with Gasteiger partial charge >= 0.3 is 0 Å². The van der Waals surface area contributed by atoms with E-state index in [1.54, 1.807) is 0 Å². The standard InChI is InChI=1S/C11H19N3OS/c1-2-3-10(12)11(15)13-4-5-14-6-8-16-9-7-14/h1,10H,3-9,12H2,(H,13,15). The normalized spacial score (nSPS) is 18.8. The van der Waals surface area contributed by atoms with Gasteiger partial charge in [0.25, 0.3) is 0 Å². The summed E-state index contributed by atoms with van der Waals surface area (Å²) in [5.74, 6) is 4.61. The highest BCUT2D eigenvalue weighted by molar-refractivity contribution is 7.99. The van der Waals surface area contributed by atoms with Crippen molar-refractivity contribution in [3.05, 3.63) is 0 Å². The van der Waals surface area contributed by atoms with E-state index in [9.17, 15) is 4.79 Å². The molecule has 16 heavy (non-hydrogen) atoms. The molecule has 1 fully saturated rings. The zero-order chi connectivity index (χ0) is 11.8. The maximum Gasteiger partial charge on any atom is 0.237 e. The monoisotopic (exact) mass is 241 g/mol. The summed E-state index contributed by atoms with van der Waals surface area (Å²) < 4.78 is 0. The number of carbonyl (C=O) groups is 1. The minimum absolute atomic E-state index is 0.149. The molecule has 0 aromatic rings. The summed E-state index contributed by atoms with van der Waals surface area (Å²) in [5, 5.41) is 2.81. The molecule has 0 spiro atoms. The van der Waals surface area contributed by atoms with Crippen molar-refractivity contribution in [1.82, 2.24) is 10.2 Å². The van der Waals surface area contributed by atoms with E-state index >= 15 is 0 Å². The second kappa shape index (κ2) is 7.55. The predicted molar refractivity (Wildman–Crippen MR) is 68.2 cm³/mol. The summed E-state index contributed by atoms with van der Waals surface area (Å²) in [7, 11) is 0. The highest BCUT2D eigenvalue weighted by Crippen LogP contribution is 2.07. The fourth-order valence-electron chi connectivity index (χ4n) is 1.51. The van der Waals surface area contributed by atoms with Gasteiger partial charge in [0.15, 0.2) is 0 Å². The van der Waals surface area contributed by atoms with Gasteiger partial charge in [-0.15, -0.1) is 12.3 Å². The Labute approximate surface area is 101 Å². The number of nitrogens with one attached hydrogen (secondary N) is 1. The number of nitrogens with zero attached hydrogens (tertiary/aromatic N) is 1. The van der Waals surface area contributed by atoms with Crippen LogP contribution >= 0.6 is 11.8 Å². The van der Waals surface area contributed by atoms with Crippen LogP contribution in [0.15, 0.2) is 0 Å². The molecule has 0 aliphatic carbocycles. The Bertz CT molecular complexity index is 258. The number of rotatable bonds is 5. The lowest BCUT2D eigenvalue weighted by Gasteiger charge is -2.26. The minimum Gasteiger partial charge on any atom is -0.353 e. The van der Waals surface area contributed by atoms with Crippen LogP contribution in [0, 0.1) is 12.3 Å². The van der Waals surface area contributed by atoms with E-state index in [1.165, 1.54) is 11.5 Å². The van der Waals surface area contributed by atoms with E-state index in [2.05, 4.69) is 16.1 Å². The Kier molecular flexibility index (Phi) is 6.31. The van der Waals surface area contributed by atoms with Gasteiger partial charge in [0.1, 0.15) is 0 Å². The summed E-state index contributed by atoms with van der Waals surface area (Å²) in [6, 6.07) is -0.568. The maximum absolute atomic E-state index is 11.4. The lowest BCUT2D eigenvalue weighted by Crippen LogP contribution is -2.44. The second-order valence-electron chi connectivity index (χ2n) is 3.76. The molecule has 1 aliphatic rings. The lowest BCUT2D eigenvalue weighted by molar-refractivity contribution is -0.122. The molecule has 1 rings (SSSR count). The van der Waals surface area contributed by atoms with E-state index < -0.39 is 6.04 Å². The van der Waals surface area contributed by atoms with Crippen molar-refractivity contribution in [3.63, 3.8) is 0 Å². The van der Waals surface area contributed by atoms with Crippen LogP contribution in [0.4, 0.5) is 0 Å². The van der Waals surface area contributed by atoms with Gasteiger partial charge in [0, 0.05) is 44.1 Å². The van der Waals surface area contributed by atoms with Gasteiger partial charge in [-0.2, -0.15) is 11.8 Å². The summed E-state index contributed by atoms with van der Waals surface area (Å²) in [6.45, 7) is 3.77. The SMILES string of the molecule is C#CCC(N)C(=O)NCCN1CCSCC1. The first-order chi connectivity index (χ1) is 7.74. The van der Waals surface area contributed by atoms with Crippen LogP contribution in [0.2, 0.25) is 0 Å². The smallest absolute Gasteiger partial charge is 0.237 e. The average molecular weight is 241 g/mol. The molecule has 1 heterocycles. The maximum atomic E-state index is 11.4. The van der Waals surface area contributed by atoms with Crippen molar-refractivity contribution >= 4 is 17.7 Å². The molecule has 0 saturated carbocycles. The summed E-state index contributed by atoms with van der Waals surface area (Å²) in [6.07, 6.45) is 5.39. The van der Waals surface area contributed by atoms with E-state index in [1.807, 2.05) is 11.8 Å². The third kappa shape index (κ3) is 4.88. The molecule has 1 saturated heterocycles. The zero-order valence-corrected chi connectivity index (χ0v) is 10.3. The van der Waals surface area contributed by atoms with Gasteiger partial charge in [-0.05, 0) is 0 Å². The van der Waals surface area contributed by atoms with E-state index in [4.69, 9.17) is 12.2 Å². The third-order valence-corrected chi connectivity index (χ3v) is 3.45. The number of terminal acetylenes is 1. The Morgan fingerprint density at radius 1 is 1.56 bits per heavy atom. The van der Waals surface area contributed by atoms with Crippen LogP contribution in [-0.2, 0) is 4.79 Å². The van der Waals surface area contributed by atoms with Gasteiger partial charge in [0.05, 0.1) is 6.04 Å². The average Bonchev–Trinajstić information content (AvgIpc) is 2.30. The first kappa shape index (κ1) is 13.4. The van der Waals surface area contributed by atoms with Crippen molar-refractivity contribution in [3.8, 4) is 12.3 Å². The molecule has 5 heteroatoms. The molecule has 1 atom stereocenters. The van der Waals surface area contributed by atoms with Gasteiger partial charge in [0.2, 0.25) is 5.91 Å². The molecule has 0 bridgehead atoms. The number of hydrogen-bond donors (Lipinski definition) is 2. The highest BCUT2D eigenvalue weighted by Gasteiger charge is 2.13. The van der Waals surface area contributed by atoms with Gasteiger partial charge < -0.3 is 11.1 Å². The summed E-state index contributed by atoms with van der Waals surface area (Å²) >= 11 is 1.98. The van der Waals surface area contributed by atoms with E-state index in [0.717, 1.165) is 19.6 Å². The molecule has 1 aliphatic heterocycles. The number of nitrogens with two attached hydrogens (primary N) is 1. The van der Waals surface area contributed by atoms with Crippen molar-refractivity contribution in [1.29, 1.82) is 0 Å². The second-order valence-corrected chi connectivity index (χ2v) is 4.98. The number of thioether (sulfide) groups is 1. The summed E-state index contributed by atoms with van der Waals surface area (Å²) in [4.78, 5) is 13.8. The number of hydrogen-bond acceptors (Lipinski definition) is 4. The third-order valence-electron chi connectivity index (χ3n) is 2.51. The molecule has 1 unspecified atom stereocenters. The molecule has 0 aromatic heterocycles. The number of carbonyl (C=O) groups excluding carboxylic acids is 1. The molecule has 0 aromatic carbocycles. The Hall–Kier alpha value is -0.700. The van der Waals surface area contributed by atoms with Crippen molar-refractivity contribution in [2.24, 2.45) is 5.73 Å². The van der Waals surface area contributed by atoms with Crippen LogP contribution in [0.5, 0.6) is 0 Å². The first-order valence-electron chi connectivity index (χ1n) is 5.51. The first-order valence-corrected chi connectivity index (χ1v) is 6.66. The highest BCUT2D eigenvalue weighted by atomic mass is 32.2. The molecular formula is C11H19N3OS. The minimum atomic E-state index is -0.568. The fraction of sp³-hybridized carbons (Fsp3) is 0.727. The topological polar surface area (TPSA) is 58.4 Å². The van der Waals surface area contributed by atoms with E-state index in [0.29, 0.717) is 13.0 Å². The molecule has 1 amide bonds. The largest absolute Gasteiger partial charge is 0.353 e. The van der Waals surface area contributed by atoms with Crippen LogP contribution in [0.25, 0.3) is 0 Å². The molecular weight excluding hydrogens is 222 g/mol. The Balaban J connectivity index is 2.10. The van der Waals surface area contributed by atoms with Gasteiger partial charge in [-0.25, -0.2) is 0 Å². The number of amides is 1. The van der Waals surface area contributed by atoms with Crippen LogP contribution in [0.1, 0.15) is 6.42 Å². The summed E-state index contributed by atoms with van der Waals surface area (Å²) in [5.41, 5.74) is 5.58. The molecule has 3 N–H and O–H groups in total. The van der Waals surface area contributed by atoms with Crippen LogP contribution in [-0.4, -0.2) is 54.5 Å². The fourth-order valence-corrected chi connectivity index (χ4v) is 2.49. The van der Waals surface area contributed by atoms with Crippen LogP contribution in [0.3, 0.4) is 0 Å². The Morgan fingerprint density at radius 3 is 2.88 bits per heavy atom. The van der Waals surface area contributed by atoms with Crippen molar-refractivity contribution in [2.45, 2.75) is 12.5 Å². The molecule has 90 valence electrons. The predicted octanol–water partition coefficient (Wildman–Crippen LogP) is -0.498. The quantitative estimate of drug-likeness (QED) is 0.637. The van der Waals surface area contributed by atoms with E-state index in [-0.39, 0.29) is 5.91 Å². The Morgan fingerprint density at radius 2 is 2.25 bits per heavy atom. The van der Waals surface area contributed by atoms with Crippen molar-refractivity contribution in [2.75, 3.05) is 37.7 Å². The molecule has 4 nitrogen and oxygen atoms in total. The lowest BCUT2D eigenvalue weighted by atomic mass is 10.2. The zero-order valence-electron chi connectivity index (χ0n) is 9.45. The van der Waals surface area contributed by atoms with Crippen LogP contribution < -0.4 is 11.1 Å². The van der Waals surface area contributed by atoms with Crippen molar-refractivity contribution < 1.29 is 4.79 Å². The molecule has 0 radical (unpaired) electrons. The van der Waals surface area contributed by atoms with Gasteiger partial charge in [-0.1, -0.05) is 0 Å².